The van der Waals surface area contributed by atoms with E-state index in [-0.39, 0.29) is 6.04 Å². The van der Waals surface area contributed by atoms with Gasteiger partial charge in [-0.25, -0.2) is 8.42 Å². The smallest absolute Gasteiger partial charge is 0.175 e. The van der Waals surface area contributed by atoms with E-state index >= 15 is 0 Å². The Labute approximate surface area is 105 Å². The average molecular weight is 267 g/mol. The van der Waals surface area contributed by atoms with E-state index in [0.717, 1.165) is 10.4 Å². The molecule has 0 aliphatic heterocycles. The van der Waals surface area contributed by atoms with Gasteiger partial charge in [-0.3, -0.25) is 0 Å². The Kier molecular flexibility index (Phi) is 3.33. The number of sulfone groups is 1. The number of thiophene rings is 1. The maximum absolute atomic E-state index is 11.3. The highest BCUT2D eigenvalue weighted by Crippen LogP contribution is 2.24. The maximum Gasteiger partial charge on any atom is 0.175 e. The SMILES string of the molecule is CS(=O)(=O)c1ccc([C@@H](N)c2cccs2)cc1. The van der Waals surface area contributed by atoms with E-state index in [2.05, 4.69) is 0 Å². The van der Waals surface area contributed by atoms with Crippen LogP contribution in [0.3, 0.4) is 0 Å². The zero-order valence-electron chi connectivity index (χ0n) is 9.33. The van der Waals surface area contributed by atoms with Crippen molar-refractivity contribution in [1.29, 1.82) is 0 Å². The summed E-state index contributed by atoms with van der Waals surface area (Å²) < 4.78 is 22.6. The molecule has 0 bridgehead atoms. The van der Waals surface area contributed by atoms with Gasteiger partial charge < -0.3 is 5.73 Å². The van der Waals surface area contributed by atoms with Crippen LogP contribution < -0.4 is 5.73 Å². The molecule has 0 spiro atoms. The van der Waals surface area contributed by atoms with Gasteiger partial charge in [0.25, 0.3) is 0 Å². The molecule has 2 N–H and O–H groups in total. The van der Waals surface area contributed by atoms with Crippen molar-refractivity contribution in [2.24, 2.45) is 5.73 Å². The molecule has 17 heavy (non-hydrogen) atoms. The molecule has 1 aromatic heterocycles. The summed E-state index contributed by atoms with van der Waals surface area (Å²) in [5.74, 6) is 0. The molecule has 5 heteroatoms. The third-order valence-electron chi connectivity index (χ3n) is 2.52. The second-order valence-corrected chi connectivity index (χ2v) is 6.83. The van der Waals surface area contributed by atoms with Gasteiger partial charge in [0.2, 0.25) is 0 Å². The maximum atomic E-state index is 11.3. The molecule has 1 heterocycles. The number of nitrogens with two attached hydrogens (primary N) is 1. The van der Waals surface area contributed by atoms with E-state index in [9.17, 15) is 8.42 Å². The lowest BCUT2D eigenvalue weighted by Gasteiger charge is -2.10. The third kappa shape index (κ3) is 2.74. The van der Waals surface area contributed by atoms with E-state index in [1.165, 1.54) is 6.26 Å². The third-order valence-corrected chi connectivity index (χ3v) is 4.60. The van der Waals surface area contributed by atoms with Crippen LogP contribution in [0.2, 0.25) is 0 Å². The Morgan fingerprint density at radius 3 is 2.29 bits per heavy atom. The summed E-state index contributed by atoms with van der Waals surface area (Å²) in [4.78, 5) is 1.39. The molecule has 0 radical (unpaired) electrons. The van der Waals surface area contributed by atoms with Crippen molar-refractivity contribution < 1.29 is 8.42 Å². The van der Waals surface area contributed by atoms with Crippen LogP contribution in [0, 0.1) is 0 Å². The first-order valence-electron chi connectivity index (χ1n) is 5.07. The highest BCUT2D eigenvalue weighted by molar-refractivity contribution is 7.90. The van der Waals surface area contributed by atoms with E-state index in [0.29, 0.717) is 4.90 Å². The molecule has 0 amide bonds. The van der Waals surface area contributed by atoms with Crippen LogP contribution in [0.5, 0.6) is 0 Å². The van der Waals surface area contributed by atoms with Gasteiger partial charge in [-0.15, -0.1) is 11.3 Å². The van der Waals surface area contributed by atoms with Crippen LogP contribution in [-0.4, -0.2) is 14.7 Å². The lowest BCUT2D eigenvalue weighted by atomic mass is 10.1. The van der Waals surface area contributed by atoms with Gasteiger partial charge in [0.05, 0.1) is 10.9 Å². The van der Waals surface area contributed by atoms with Crippen LogP contribution in [0.1, 0.15) is 16.5 Å². The van der Waals surface area contributed by atoms with Crippen LogP contribution in [0.4, 0.5) is 0 Å². The van der Waals surface area contributed by atoms with E-state index < -0.39 is 9.84 Å². The molecule has 2 rings (SSSR count). The average Bonchev–Trinajstić information content (AvgIpc) is 2.80. The van der Waals surface area contributed by atoms with Crippen molar-refractivity contribution in [3.8, 4) is 0 Å². The fraction of sp³-hybridized carbons (Fsp3) is 0.167. The summed E-state index contributed by atoms with van der Waals surface area (Å²) in [6, 6.07) is 10.5. The van der Waals surface area contributed by atoms with Gasteiger partial charge in [0, 0.05) is 11.1 Å². The Morgan fingerprint density at radius 1 is 1.18 bits per heavy atom. The van der Waals surface area contributed by atoms with E-state index in [4.69, 9.17) is 5.73 Å². The highest BCUT2D eigenvalue weighted by atomic mass is 32.2. The second kappa shape index (κ2) is 4.60. The molecule has 0 aliphatic rings. The summed E-state index contributed by atoms with van der Waals surface area (Å²) in [5.41, 5.74) is 7.00. The molecule has 2 aromatic rings. The minimum absolute atomic E-state index is 0.191. The number of hydrogen-bond acceptors (Lipinski definition) is 4. The molecule has 0 fully saturated rings. The normalized spacial score (nSPS) is 13.5. The van der Waals surface area contributed by atoms with Gasteiger partial charge in [-0.2, -0.15) is 0 Å². The molecule has 0 unspecified atom stereocenters. The Hall–Kier alpha value is -1.17. The number of benzene rings is 1. The van der Waals surface area contributed by atoms with Crippen molar-refractivity contribution in [2.75, 3.05) is 6.26 Å². The first kappa shape index (κ1) is 12.3. The summed E-state index contributed by atoms with van der Waals surface area (Å²) in [6.07, 6.45) is 1.20. The van der Waals surface area contributed by atoms with Gasteiger partial charge in [0.15, 0.2) is 9.84 Å². The van der Waals surface area contributed by atoms with Crippen molar-refractivity contribution in [3.63, 3.8) is 0 Å². The Balaban J connectivity index is 2.30. The van der Waals surface area contributed by atoms with Crippen LogP contribution in [-0.2, 0) is 9.84 Å². The second-order valence-electron chi connectivity index (χ2n) is 3.83. The topological polar surface area (TPSA) is 60.2 Å². The van der Waals surface area contributed by atoms with Crippen LogP contribution in [0.25, 0.3) is 0 Å². The van der Waals surface area contributed by atoms with Crippen molar-refractivity contribution in [2.45, 2.75) is 10.9 Å². The monoisotopic (exact) mass is 267 g/mol. The summed E-state index contributed by atoms with van der Waals surface area (Å²) >= 11 is 1.59. The summed E-state index contributed by atoms with van der Waals surface area (Å²) in [7, 11) is -3.14. The lowest BCUT2D eigenvalue weighted by Crippen LogP contribution is -2.10. The van der Waals surface area contributed by atoms with Crippen molar-refractivity contribution >= 4 is 21.2 Å². The predicted molar refractivity (Wildman–Crippen MR) is 69.9 cm³/mol. The fourth-order valence-electron chi connectivity index (χ4n) is 1.55. The largest absolute Gasteiger partial charge is 0.320 e. The zero-order valence-corrected chi connectivity index (χ0v) is 11.0. The highest BCUT2D eigenvalue weighted by Gasteiger charge is 2.11. The quantitative estimate of drug-likeness (QED) is 0.927. The molecular formula is C12H13NO2S2. The van der Waals surface area contributed by atoms with Crippen molar-refractivity contribution in [3.05, 3.63) is 52.2 Å². The number of rotatable bonds is 3. The molecule has 1 atom stereocenters. The molecule has 0 saturated carbocycles. The first-order valence-corrected chi connectivity index (χ1v) is 7.84. The minimum atomic E-state index is -3.14. The molecule has 0 saturated heterocycles. The number of hydrogen-bond donors (Lipinski definition) is 1. The van der Waals surface area contributed by atoms with Gasteiger partial charge >= 0.3 is 0 Å². The summed E-state index contributed by atoms with van der Waals surface area (Å²) in [6.45, 7) is 0. The van der Waals surface area contributed by atoms with Gasteiger partial charge in [-0.05, 0) is 29.1 Å². The lowest BCUT2D eigenvalue weighted by molar-refractivity contribution is 0.602. The molecule has 0 aliphatic carbocycles. The van der Waals surface area contributed by atoms with Crippen LogP contribution in [0.15, 0.2) is 46.7 Å². The molecular weight excluding hydrogens is 254 g/mol. The summed E-state index contributed by atoms with van der Waals surface area (Å²) in [5, 5.41) is 1.97. The predicted octanol–water partition coefficient (Wildman–Crippen LogP) is 2.20. The van der Waals surface area contributed by atoms with E-state index in [1.54, 1.807) is 35.6 Å². The minimum Gasteiger partial charge on any atom is -0.320 e. The van der Waals surface area contributed by atoms with Crippen molar-refractivity contribution in [1.82, 2.24) is 0 Å². The van der Waals surface area contributed by atoms with E-state index in [1.807, 2.05) is 17.5 Å². The molecule has 90 valence electrons. The van der Waals surface area contributed by atoms with Crippen LogP contribution >= 0.6 is 11.3 Å². The molecule has 3 nitrogen and oxygen atoms in total. The first-order chi connectivity index (χ1) is 7.98. The Morgan fingerprint density at radius 2 is 1.82 bits per heavy atom. The standard InChI is InChI=1S/C12H13NO2S2/c1-17(14,15)10-6-4-9(5-7-10)12(13)11-3-2-8-16-11/h2-8,12H,13H2,1H3/t12-/m1/s1. The Bertz CT molecular complexity index is 586. The fourth-order valence-corrected chi connectivity index (χ4v) is 2.94. The molecule has 1 aromatic carbocycles. The van der Waals surface area contributed by atoms with Gasteiger partial charge in [-0.1, -0.05) is 18.2 Å². The zero-order chi connectivity index (χ0) is 12.5. The van der Waals surface area contributed by atoms with Gasteiger partial charge in [0.1, 0.15) is 0 Å².